The van der Waals surface area contributed by atoms with Crippen LogP contribution in [0.1, 0.15) is 61.8 Å². The molecule has 0 aromatic heterocycles. The van der Waals surface area contributed by atoms with Gasteiger partial charge in [-0.25, -0.2) is 0 Å². The summed E-state index contributed by atoms with van der Waals surface area (Å²) < 4.78 is 0. The third-order valence-corrected chi connectivity index (χ3v) is 7.07. The summed E-state index contributed by atoms with van der Waals surface area (Å²) in [4.78, 5) is 7.16. The van der Waals surface area contributed by atoms with E-state index in [9.17, 15) is 0 Å². The van der Waals surface area contributed by atoms with Gasteiger partial charge in [0, 0.05) is 17.5 Å². The van der Waals surface area contributed by atoms with Crippen molar-refractivity contribution in [1.82, 2.24) is 9.73 Å². The average molecular weight is 408 g/mol. The Balaban J connectivity index is 1.41. The van der Waals surface area contributed by atoms with Gasteiger partial charge >= 0.3 is 0 Å². The second kappa shape index (κ2) is 9.38. The van der Waals surface area contributed by atoms with Gasteiger partial charge in [-0.3, -0.25) is 4.90 Å². The average Bonchev–Trinajstić information content (AvgIpc) is 3.20. The number of rotatable bonds is 7. The lowest BCUT2D eigenvalue weighted by molar-refractivity contribution is 0.132. The van der Waals surface area contributed by atoms with Gasteiger partial charge in [0.1, 0.15) is 0 Å². The van der Waals surface area contributed by atoms with Crippen molar-refractivity contribution in [3.05, 3.63) is 65.2 Å². The van der Waals surface area contributed by atoms with Crippen LogP contribution in [0.3, 0.4) is 0 Å². The van der Waals surface area contributed by atoms with Crippen LogP contribution < -0.4 is 10.3 Å². The third-order valence-electron chi connectivity index (χ3n) is 6.30. The number of aryl methyl sites for hydroxylation is 2. The van der Waals surface area contributed by atoms with Gasteiger partial charge in [-0.1, -0.05) is 49.8 Å². The van der Waals surface area contributed by atoms with Gasteiger partial charge in [0.15, 0.2) is 0 Å². The molecule has 154 valence electrons. The molecule has 0 radical (unpaired) electrons. The van der Waals surface area contributed by atoms with Gasteiger partial charge in [0.25, 0.3) is 0 Å². The maximum absolute atomic E-state index is 4.14. The maximum Gasteiger partial charge on any atom is 0.0646 e. The van der Waals surface area contributed by atoms with Crippen molar-refractivity contribution in [2.45, 2.75) is 69.9 Å². The van der Waals surface area contributed by atoms with E-state index in [1.807, 2.05) is 0 Å². The van der Waals surface area contributed by atoms with Crippen molar-refractivity contribution in [2.24, 2.45) is 0 Å². The zero-order valence-corrected chi connectivity index (χ0v) is 18.6. The Morgan fingerprint density at radius 2 is 2.03 bits per heavy atom. The van der Waals surface area contributed by atoms with Gasteiger partial charge in [0.05, 0.1) is 5.69 Å². The van der Waals surface area contributed by atoms with E-state index in [-0.39, 0.29) is 0 Å². The van der Waals surface area contributed by atoms with Crippen LogP contribution in [0, 0.1) is 0 Å². The molecule has 29 heavy (non-hydrogen) atoms. The molecule has 2 heterocycles. The molecule has 4 rings (SSSR count). The van der Waals surface area contributed by atoms with Crippen molar-refractivity contribution in [1.29, 1.82) is 0 Å². The minimum absolute atomic E-state index is 0.687. The highest BCUT2D eigenvalue weighted by Gasteiger charge is 2.23. The Morgan fingerprint density at radius 1 is 1.17 bits per heavy atom. The second-order valence-corrected chi connectivity index (χ2v) is 9.29. The third kappa shape index (κ3) is 4.88. The first-order valence-electron chi connectivity index (χ1n) is 11.0. The number of anilines is 1. The number of hydrogen-bond donors (Lipinski definition) is 2. The highest BCUT2D eigenvalue weighted by molar-refractivity contribution is 7.98. The van der Waals surface area contributed by atoms with Gasteiger partial charge in [0.2, 0.25) is 0 Å². The quantitative estimate of drug-likeness (QED) is 0.534. The first-order valence-corrected chi connectivity index (χ1v) is 11.8. The Kier molecular flexibility index (Phi) is 6.63. The summed E-state index contributed by atoms with van der Waals surface area (Å²) in [6.07, 6.45) is 7.51. The summed E-state index contributed by atoms with van der Waals surface area (Å²) in [6, 6.07) is 14.5. The summed E-state index contributed by atoms with van der Waals surface area (Å²) >= 11 is 1.67. The fourth-order valence-electron chi connectivity index (χ4n) is 4.66. The molecule has 4 heteroatoms. The molecule has 2 aliphatic rings. The SMILES string of the molecule is C=C(C)c1ccc(CCC2CCCCN2Cc2ccc3c(c2)SNN3)cc1CC. The Morgan fingerprint density at radius 3 is 2.86 bits per heavy atom. The van der Waals surface area contributed by atoms with Crippen LogP contribution in [-0.2, 0) is 19.4 Å². The highest BCUT2D eigenvalue weighted by atomic mass is 32.2. The highest BCUT2D eigenvalue weighted by Crippen LogP contribution is 2.32. The van der Waals surface area contributed by atoms with Crippen molar-refractivity contribution in [2.75, 3.05) is 12.0 Å². The lowest BCUT2D eigenvalue weighted by Gasteiger charge is -2.36. The normalized spacial score (nSPS) is 19.0. The molecule has 3 nitrogen and oxygen atoms in total. The van der Waals surface area contributed by atoms with Crippen LogP contribution >= 0.6 is 11.9 Å². The van der Waals surface area contributed by atoms with Crippen LogP contribution in [0.4, 0.5) is 5.69 Å². The largest absolute Gasteiger partial charge is 0.310 e. The van der Waals surface area contributed by atoms with Crippen molar-refractivity contribution < 1.29 is 0 Å². The molecule has 1 fully saturated rings. The molecular formula is C25H33N3S. The number of piperidine rings is 1. The molecule has 2 aromatic rings. The van der Waals surface area contributed by atoms with Crippen LogP contribution in [-0.4, -0.2) is 17.5 Å². The summed E-state index contributed by atoms with van der Waals surface area (Å²) in [7, 11) is 0. The van der Waals surface area contributed by atoms with Crippen LogP contribution in [0.5, 0.6) is 0 Å². The number of fused-ring (bicyclic) bond motifs is 1. The summed E-state index contributed by atoms with van der Waals surface area (Å²) in [5.41, 5.74) is 11.2. The molecule has 0 aliphatic carbocycles. The summed E-state index contributed by atoms with van der Waals surface area (Å²) in [6.45, 7) is 10.8. The van der Waals surface area contributed by atoms with E-state index in [2.05, 4.69) is 72.0 Å². The van der Waals surface area contributed by atoms with Crippen LogP contribution in [0.15, 0.2) is 47.9 Å². The van der Waals surface area contributed by atoms with E-state index in [0.29, 0.717) is 6.04 Å². The topological polar surface area (TPSA) is 27.3 Å². The van der Waals surface area contributed by atoms with E-state index >= 15 is 0 Å². The Labute approximate surface area is 180 Å². The molecule has 2 N–H and O–H groups in total. The number of hydrogen-bond acceptors (Lipinski definition) is 4. The second-order valence-electron chi connectivity index (χ2n) is 8.44. The van der Waals surface area contributed by atoms with Gasteiger partial charge in [-0.05, 0) is 91.9 Å². The van der Waals surface area contributed by atoms with Gasteiger partial charge in [-0.2, -0.15) is 4.83 Å². The predicted octanol–water partition coefficient (Wildman–Crippen LogP) is 6.21. The zero-order valence-electron chi connectivity index (χ0n) is 17.8. The van der Waals surface area contributed by atoms with E-state index < -0.39 is 0 Å². The molecule has 2 aliphatic heterocycles. The minimum atomic E-state index is 0.687. The molecule has 1 atom stereocenters. The Bertz CT molecular complexity index is 876. The molecule has 0 amide bonds. The van der Waals surface area contributed by atoms with E-state index in [1.165, 1.54) is 77.1 Å². The van der Waals surface area contributed by atoms with Crippen molar-refractivity contribution in [3.63, 3.8) is 0 Å². The molecule has 0 bridgehead atoms. The lowest BCUT2D eigenvalue weighted by atomic mass is 9.92. The van der Waals surface area contributed by atoms with E-state index in [0.717, 1.165) is 13.0 Å². The molecule has 2 aromatic carbocycles. The standard InChI is InChI=1S/C25H33N3S/c1-4-21-15-19(9-12-23(21)18(2)3)8-11-22-7-5-6-14-28(22)17-20-10-13-24-25(16-20)29-27-26-24/h9-10,12-13,15-16,22,26-27H,2,4-8,11,14,17H2,1,3H3. The first kappa shape index (κ1) is 20.5. The van der Waals surface area contributed by atoms with Crippen LogP contribution in [0.2, 0.25) is 0 Å². The molecule has 0 saturated carbocycles. The number of nitrogens with zero attached hydrogens (tertiary/aromatic N) is 1. The fourth-order valence-corrected chi connectivity index (χ4v) is 5.37. The van der Waals surface area contributed by atoms with E-state index in [4.69, 9.17) is 0 Å². The summed E-state index contributed by atoms with van der Waals surface area (Å²) in [5, 5.41) is 0. The lowest BCUT2D eigenvalue weighted by Crippen LogP contribution is -2.39. The van der Waals surface area contributed by atoms with Crippen molar-refractivity contribution in [3.8, 4) is 0 Å². The fraction of sp³-hybridized carbons (Fsp3) is 0.440. The maximum atomic E-state index is 4.14. The van der Waals surface area contributed by atoms with Gasteiger partial charge < -0.3 is 5.43 Å². The molecule has 1 unspecified atom stereocenters. The predicted molar refractivity (Wildman–Crippen MR) is 126 cm³/mol. The minimum Gasteiger partial charge on any atom is -0.310 e. The molecule has 1 saturated heterocycles. The Hall–Kier alpha value is -1.75. The van der Waals surface area contributed by atoms with Crippen molar-refractivity contribution >= 4 is 23.2 Å². The zero-order chi connectivity index (χ0) is 20.2. The van der Waals surface area contributed by atoms with E-state index in [1.54, 1.807) is 11.9 Å². The number of allylic oxidation sites excluding steroid dienone is 1. The van der Waals surface area contributed by atoms with Gasteiger partial charge in [-0.15, -0.1) is 0 Å². The monoisotopic (exact) mass is 407 g/mol. The van der Waals surface area contributed by atoms with Crippen LogP contribution in [0.25, 0.3) is 5.57 Å². The smallest absolute Gasteiger partial charge is 0.0646 e. The number of hydrazine groups is 1. The molecule has 0 spiro atoms. The first-order chi connectivity index (χ1) is 14.1. The number of nitrogens with one attached hydrogen (secondary N) is 2. The number of likely N-dealkylation sites (tertiary alicyclic amines) is 1. The number of benzene rings is 2. The molecular weight excluding hydrogens is 374 g/mol. The summed E-state index contributed by atoms with van der Waals surface area (Å²) in [5.74, 6) is 0.